The number of rotatable bonds is 9. The lowest BCUT2D eigenvalue weighted by atomic mass is 10.3. The Morgan fingerprint density at radius 2 is 2.23 bits per heavy atom. The molecule has 1 N–H and O–H groups in total. The maximum absolute atomic E-state index is 8.54. The largest absolute Gasteiger partial charge is 0.473 e. The molecule has 0 bridgehead atoms. The zero-order valence-corrected chi connectivity index (χ0v) is 8.37. The van der Waals surface area contributed by atoms with E-state index in [1.165, 1.54) is 6.26 Å². The number of aliphatic hydroxyl groups excluding tert-OH is 1. The Labute approximate surface area is 80.4 Å². The Kier molecular flexibility index (Phi) is 9.15. The summed E-state index contributed by atoms with van der Waals surface area (Å²) in [6.07, 6.45) is 4.81. The lowest BCUT2D eigenvalue weighted by Gasteiger charge is -2.15. The topological polar surface area (TPSA) is 38.7 Å². The molecule has 0 aromatic heterocycles. The molecular weight excluding hydrogens is 168 g/mol. The minimum absolute atomic E-state index is 0.166. The summed E-state index contributed by atoms with van der Waals surface area (Å²) in [5.74, 6) is 0. The van der Waals surface area contributed by atoms with Gasteiger partial charge >= 0.3 is 0 Å². The standard InChI is InChI=1S/C10H20O3/c1-3-7-10(12-4-2)13-9-6-5-8-11/h4,10-11H,2-3,5-9H2,1H3. The summed E-state index contributed by atoms with van der Waals surface area (Å²) in [4.78, 5) is 0. The molecule has 0 amide bonds. The van der Waals surface area contributed by atoms with Gasteiger partial charge in [-0.1, -0.05) is 19.9 Å². The van der Waals surface area contributed by atoms with Crippen molar-refractivity contribution in [3.8, 4) is 0 Å². The molecule has 3 nitrogen and oxygen atoms in total. The van der Waals surface area contributed by atoms with E-state index in [2.05, 4.69) is 13.5 Å². The van der Waals surface area contributed by atoms with Gasteiger partial charge in [-0.2, -0.15) is 0 Å². The average molecular weight is 188 g/mol. The van der Waals surface area contributed by atoms with Crippen molar-refractivity contribution in [2.24, 2.45) is 0 Å². The van der Waals surface area contributed by atoms with Crippen LogP contribution in [0, 0.1) is 0 Å². The molecule has 1 atom stereocenters. The normalized spacial score (nSPS) is 12.5. The molecule has 0 rings (SSSR count). The highest BCUT2D eigenvalue weighted by Gasteiger charge is 2.05. The first-order valence-corrected chi connectivity index (χ1v) is 4.84. The van der Waals surface area contributed by atoms with Crippen molar-refractivity contribution in [2.45, 2.75) is 38.9 Å². The van der Waals surface area contributed by atoms with Crippen LogP contribution in [0.4, 0.5) is 0 Å². The maximum Gasteiger partial charge on any atom is 0.198 e. The summed E-state index contributed by atoms with van der Waals surface area (Å²) in [6, 6.07) is 0. The first-order valence-electron chi connectivity index (χ1n) is 4.84. The van der Waals surface area contributed by atoms with Crippen molar-refractivity contribution < 1.29 is 14.6 Å². The molecule has 13 heavy (non-hydrogen) atoms. The van der Waals surface area contributed by atoms with Gasteiger partial charge in [0.15, 0.2) is 6.29 Å². The minimum Gasteiger partial charge on any atom is -0.473 e. The molecule has 0 aromatic rings. The van der Waals surface area contributed by atoms with Gasteiger partial charge in [-0.05, 0) is 12.8 Å². The van der Waals surface area contributed by atoms with Gasteiger partial charge < -0.3 is 14.6 Å². The van der Waals surface area contributed by atoms with Gasteiger partial charge in [0.25, 0.3) is 0 Å². The van der Waals surface area contributed by atoms with Crippen molar-refractivity contribution in [1.82, 2.24) is 0 Å². The van der Waals surface area contributed by atoms with Gasteiger partial charge in [-0.25, -0.2) is 0 Å². The van der Waals surface area contributed by atoms with Crippen molar-refractivity contribution in [1.29, 1.82) is 0 Å². The van der Waals surface area contributed by atoms with Crippen LogP contribution in [0.1, 0.15) is 32.6 Å². The number of hydrogen-bond acceptors (Lipinski definition) is 3. The van der Waals surface area contributed by atoms with E-state index < -0.39 is 0 Å². The smallest absolute Gasteiger partial charge is 0.198 e. The van der Waals surface area contributed by atoms with Gasteiger partial charge in [0, 0.05) is 13.0 Å². The quantitative estimate of drug-likeness (QED) is 0.342. The van der Waals surface area contributed by atoms with Gasteiger partial charge in [-0.15, -0.1) is 0 Å². The molecule has 0 saturated carbocycles. The molecule has 0 radical (unpaired) electrons. The van der Waals surface area contributed by atoms with Crippen molar-refractivity contribution in [3.05, 3.63) is 12.8 Å². The number of aliphatic hydroxyl groups is 1. The monoisotopic (exact) mass is 188 g/mol. The third-order valence-corrected chi connectivity index (χ3v) is 1.63. The zero-order valence-electron chi connectivity index (χ0n) is 8.37. The Hall–Kier alpha value is -0.540. The molecule has 3 heteroatoms. The van der Waals surface area contributed by atoms with Crippen LogP contribution in [0.15, 0.2) is 12.8 Å². The predicted octanol–water partition coefficient (Wildman–Crippen LogP) is 2.06. The van der Waals surface area contributed by atoms with E-state index in [1.54, 1.807) is 0 Å². The Bertz CT molecular complexity index is 115. The summed E-state index contributed by atoms with van der Waals surface area (Å²) in [6.45, 7) is 6.43. The summed E-state index contributed by atoms with van der Waals surface area (Å²) in [7, 11) is 0. The lowest BCUT2D eigenvalue weighted by Crippen LogP contribution is -2.15. The first kappa shape index (κ1) is 12.5. The molecule has 0 aromatic carbocycles. The predicted molar refractivity (Wildman–Crippen MR) is 52.2 cm³/mol. The zero-order chi connectivity index (χ0) is 9.94. The molecule has 0 aliphatic carbocycles. The Balaban J connectivity index is 3.38. The molecule has 78 valence electrons. The molecule has 0 saturated heterocycles. The minimum atomic E-state index is -0.166. The van der Waals surface area contributed by atoms with Crippen LogP contribution in [-0.2, 0) is 9.47 Å². The fourth-order valence-corrected chi connectivity index (χ4v) is 0.962. The molecule has 0 heterocycles. The molecule has 0 aliphatic heterocycles. The van der Waals surface area contributed by atoms with Crippen LogP contribution < -0.4 is 0 Å². The second kappa shape index (κ2) is 9.55. The van der Waals surface area contributed by atoms with E-state index in [1.807, 2.05) is 0 Å². The van der Waals surface area contributed by atoms with Crippen molar-refractivity contribution in [2.75, 3.05) is 13.2 Å². The van der Waals surface area contributed by atoms with Gasteiger partial charge in [0.05, 0.1) is 12.9 Å². The van der Waals surface area contributed by atoms with E-state index in [9.17, 15) is 0 Å². The number of unbranched alkanes of at least 4 members (excludes halogenated alkanes) is 1. The molecular formula is C10H20O3. The van der Waals surface area contributed by atoms with Crippen LogP contribution in [0.5, 0.6) is 0 Å². The molecule has 0 aliphatic rings. The SMILES string of the molecule is C=COC(CCC)OCCCCO. The van der Waals surface area contributed by atoms with Crippen LogP contribution in [0.25, 0.3) is 0 Å². The van der Waals surface area contributed by atoms with Crippen molar-refractivity contribution in [3.63, 3.8) is 0 Å². The van der Waals surface area contributed by atoms with Gasteiger partial charge in [0.1, 0.15) is 0 Å². The number of ether oxygens (including phenoxy) is 2. The Morgan fingerprint density at radius 3 is 2.77 bits per heavy atom. The number of hydrogen-bond donors (Lipinski definition) is 1. The highest BCUT2D eigenvalue weighted by atomic mass is 16.7. The maximum atomic E-state index is 8.54. The highest BCUT2D eigenvalue weighted by Crippen LogP contribution is 2.05. The fraction of sp³-hybridized carbons (Fsp3) is 0.800. The summed E-state index contributed by atoms with van der Waals surface area (Å²) < 4.78 is 10.6. The second-order valence-corrected chi connectivity index (χ2v) is 2.82. The Morgan fingerprint density at radius 1 is 1.46 bits per heavy atom. The van der Waals surface area contributed by atoms with E-state index in [4.69, 9.17) is 14.6 Å². The highest BCUT2D eigenvalue weighted by molar-refractivity contribution is 4.53. The van der Waals surface area contributed by atoms with E-state index in [0.717, 1.165) is 25.7 Å². The van der Waals surface area contributed by atoms with E-state index in [0.29, 0.717) is 6.61 Å². The summed E-state index contributed by atoms with van der Waals surface area (Å²) in [5, 5.41) is 8.54. The molecule has 0 fully saturated rings. The van der Waals surface area contributed by atoms with Crippen molar-refractivity contribution >= 4 is 0 Å². The van der Waals surface area contributed by atoms with Crippen LogP contribution >= 0.6 is 0 Å². The van der Waals surface area contributed by atoms with E-state index >= 15 is 0 Å². The van der Waals surface area contributed by atoms with Crippen LogP contribution in [-0.4, -0.2) is 24.6 Å². The summed E-state index contributed by atoms with van der Waals surface area (Å²) in [5.41, 5.74) is 0. The average Bonchev–Trinajstić information content (AvgIpc) is 2.13. The van der Waals surface area contributed by atoms with Crippen LogP contribution in [0.2, 0.25) is 0 Å². The molecule has 0 spiro atoms. The lowest BCUT2D eigenvalue weighted by molar-refractivity contribution is -0.111. The second-order valence-electron chi connectivity index (χ2n) is 2.82. The van der Waals surface area contributed by atoms with Crippen LogP contribution in [0.3, 0.4) is 0 Å². The van der Waals surface area contributed by atoms with E-state index in [-0.39, 0.29) is 12.9 Å². The summed E-state index contributed by atoms with van der Waals surface area (Å²) >= 11 is 0. The third kappa shape index (κ3) is 7.81. The van der Waals surface area contributed by atoms with Gasteiger partial charge in [-0.3, -0.25) is 0 Å². The third-order valence-electron chi connectivity index (χ3n) is 1.63. The first-order chi connectivity index (χ1) is 6.35. The fourth-order valence-electron chi connectivity index (χ4n) is 0.962. The molecule has 1 unspecified atom stereocenters. The van der Waals surface area contributed by atoms with Gasteiger partial charge in [0.2, 0.25) is 0 Å².